The van der Waals surface area contributed by atoms with Crippen molar-refractivity contribution in [2.24, 2.45) is 0 Å². The molecule has 5 atom stereocenters. The molecule has 0 heterocycles. The molecule has 0 spiro atoms. The van der Waals surface area contributed by atoms with Gasteiger partial charge in [0.1, 0.15) is 19.3 Å². The van der Waals surface area contributed by atoms with E-state index in [4.69, 9.17) is 37.0 Å². The van der Waals surface area contributed by atoms with Crippen LogP contribution in [0.25, 0.3) is 0 Å². The molecule has 0 aliphatic rings. The van der Waals surface area contributed by atoms with Crippen molar-refractivity contribution in [2.75, 3.05) is 39.6 Å². The van der Waals surface area contributed by atoms with Gasteiger partial charge >= 0.3 is 39.5 Å². The zero-order valence-corrected chi connectivity index (χ0v) is 71.3. The van der Waals surface area contributed by atoms with Gasteiger partial charge in [-0.1, -0.05) is 293 Å². The molecule has 0 amide bonds. The zero-order valence-electron chi connectivity index (χ0n) is 69.5. The molecule has 5 unspecified atom stereocenters. The van der Waals surface area contributed by atoms with E-state index in [1.165, 1.54) is 19.3 Å². The summed E-state index contributed by atoms with van der Waals surface area (Å²) in [6.07, 6.45) is 102. The largest absolute Gasteiger partial charge is 0.472 e. The fourth-order valence-electron chi connectivity index (χ4n) is 10.6. The fourth-order valence-corrected chi connectivity index (χ4v) is 12.2. The van der Waals surface area contributed by atoms with Crippen LogP contribution in [-0.2, 0) is 65.4 Å². The first kappa shape index (κ1) is 106. The number of esters is 4. The minimum Gasteiger partial charge on any atom is -0.462 e. The minimum atomic E-state index is -5.01. The molecule has 0 rings (SSSR count). The lowest BCUT2D eigenvalue weighted by atomic mass is 10.1. The summed E-state index contributed by atoms with van der Waals surface area (Å²) in [4.78, 5) is 73.3. The van der Waals surface area contributed by atoms with E-state index in [1.54, 1.807) is 0 Å². The summed E-state index contributed by atoms with van der Waals surface area (Å²) in [5.74, 6) is -2.29. The Bertz CT molecular complexity index is 2890. The number of phosphoric ester groups is 2. The van der Waals surface area contributed by atoms with Crippen molar-refractivity contribution in [3.05, 3.63) is 194 Å². The van der Waals surface area contributed by atoms with Gasteiger partial charge in [0, 0.05) is 25.7 Å². The van der Waals surface area contributed by atoms with E-state index in [0.717, 1.165) is 212 Å². The summed E-state index contributed by atoms with van der Waals surface area (Å²) in [6.45, 7) is 4.40. The topological polar surface area (TPSA) is 237 Å². The van der Waals surface area contributed by atoms with Gasteiger partial charge in [0.25, 0.3) is 0 Å². The Hall–Kier alpha value is -6.10. The smallest absolute Gasteiger partial charge is 0.462 e. The number of allylic oxidation sites excluding steroid dienone is 32. The van der Waals surface area contributed by atoms with Crippen LogP contribution < -0.4 is 0 Å². The Balaban J connectivity index is 5.51. The van der Waals surface area contributed by atoms with E-state index >= 15 is 0 Å². The van der Waals surface area contributed by atoms with Gasteiger partial charge in [-0.3, -0.25) is 37.3 Å². The maximum atomic E-state index is 13.2. The molecule has 0 aliphatic heterocycles. The molecular weight excluding hydrogens is 1450 g/mol. The molecule has 0 fully saturated rings. The maximum absolute atomic E-state index is 13.2. The number of hydrogen-bond donors (Lipinski definition) is 3. The average Bonchev–Trinajstić information content (AvgIpc) is 0.898. The molecule has 19 heteroatoms. The Kier molecular flexibility index (Phi) is 78.4. The summed E-state index contributed by atoms with van der Waals surface area (Å²) < 4.78 is 68.8. The highest BCUT2D eigenvalue weighted by Gasteiger charge is 2.30. The van der Waals surface area contributed by atoms with Crippen LogP contribution >= 0.6 is 15.6 Å². The highest BCUT2D eigenvalue weighted by atomic mass is 31.2. The molecule has 0 radical (unpaired) electrons. The van der Waals surface area contributed by atoms with Gasteiger partial charge in [0.05, 0.1) is 26.4 Å². The van der Waals surface area contributed by atoms with Gasteiger partial charge in [-0.05, 0) is 186 Å². The number of aliphatic hydroxyl groups is 1. The monoisotopic (exact) mass is 1600 g/mol. The third-order valence-electron chi connectivity index (χ3n) is 17.0. The van der Waals surface area contributed by atoms with Crippen LogP contribution in [0, 0.1) is 0 Å². The molecule has 112 heavy (non-hydrogen) atoms. The van der Waals surface area contributed by atoms with Crippen molar-refractivity contribution in [2.45, 2.75) is 329 Å². The molecular formula is C93H150O17P2. The van der Waals surface area contributed by atoms with Crippen LogP contribution in [0.5, 0.6) is 0 Å². The van der Waals surface area contributed by atoms with Crippen molar-refractivity contribution in [1.82, 2.24) is 0 Å². The van der Waals surface area contributed by atoms with Gasteiger partial charge in [-0.15, -0.1) is 0 Å². The number of ether oxygens (including phenoxy) is 4. The summed E-state index contributed by atoms with van der Waals surface area (Å²) in [7, 11) is -10.0. The average molecular weight is 1600 g/mol. The second kappa shape index (κ2) is 82.9. The number of carbonyl (C=O) groups is 4. The molecule has 0 aromatic carbocycles. The van der Waals surface area contributed by atoms with Crippen molar-refractivity contribution in [3.8, 4) is 0 Å². The van der Waals surface area contributed by atoms with Crippen LogP contribution in [0.3, 0.4) is 0 Å². The molecule has 3 N–H and O–H groups in total. The standard InChI is InChI=1S/C93H150O17P2/c1-5-9-13-17-21-25-29-33-37-41-43-47-50-54-58-62-66-70-74-78-91(96)104-84-89(110-93(98)80-76-72-68-64-60-56-52-48-44-42-38-34-30-26-22-18-14-10-6-2)86-108-112(101,102)106-82-87(94)81-105-111(99,100)107-85-88(109-92(97)79-75-71-67-63-59-55-51-46-40-36-32-28-24-20-16-12-8-4)83-103-90(95)77-73-69-65-61-57-53-49-45-39-35-31-27-23-19-15-11-7-3/h9,11-13,15-16,21-28,33-40,43-44,47-49,51,53-55,58,87-89,94H,5-8,10,14,17-20,29-32,41-42,45-46,50,52,56-57,59-86H2,1-4H3,(H,99,100)(H,101,102)/b13-9-,15-11-,16-12-,25-21-,26-22-,27-23-,28-24-,37-33-,38-34-,39-35-,40-36-,47-43-,48-44-,53-49-,55-51-,58-54-. The predicted molar refractivity (Wildman–Crippen MR) is 463 cm³/mol. The number of phosphoric acid groups is 2. The second-order valence-electron chi connectivity index (χ2n) is 27.6. The van der Waals surface area contributed by atoms with Crippen molar-refractivity contribution < 1.29 is 80.2 Å². The molecule has 0 aromatic heterocycles. The molecule has 0 aromatic rings. The highest BCUT2D eigenvalue weighted by molar-refractivity contribution is 7.47. The van der Waals surface area contributed by atoms with Gasteiger partial charge in [-0.2, -0.15) is 0 Å². The summed E-state index contributed by atoms with van der Waals surface area (Å²) in [5.41, 5.74) is 0. The Morgan fingerprint density at radius 1 is 0.259 bits per heavy atom. The predicted octanol–water partition coefficient (Wildman–Crippen LogP) is 25.7. The van der Waals surface area contributed by atoms with Crippen molar-refractivity contribution in [3.63, 3.8) is 0 Å². The SMILES string of the molecule is CC/C=C\C/C=C\C/C=C\C/C=C\C/C=C\CCCCCC(=O)OCC(COP(=O)(O)OCC(O)COP(=O)(O)OCC(COC(=O)CCCCCC/C=C\C/C=C\C/C=C\C/C=C\CC)OC(=O)CCCCCC/C=C\C/C=C\C/C=C\C/C=C\CC)OC(=O)CCCCCCCC/C=C\C/C=C\C/C=C\CCCCC. The third kappa shape index (κ3) is 81.9. The number of unbranched alkanes of at least 4 members (excludes halogenated alkanes) is 20. The summed E-state index contributed by atoms with van der Waals surface area (Å²) >= 11 is 0. The Morgan fingerprint density at radius 3 is 0.723 bits per heavy atom. The van der Waals surface area contributed by atoms with Crippen LogP contribution in [-0.4, -0.2) is 96.7 Å². The van der Waals surface area contributed by atoms with E-state index in [9.17, 15) is 43.2 Å². The fraction of sp³-hybridized carbons (Fsp3) is 0.613. The van der Waals surface area contributed by atoms with Gasteiger partial charge in [0.2, 0.25) is 0 Å². The first-order valence-electron chi connectivity index (χ1n) is 42.7. The first-order valence-corrected chi connectivity index (χ1v) is 45.7. The normalized spacial score (nSPS) is 14.7. The molecule has 17 nitrogen and oxygen atoms in total. The maximum Gasteiger partial charge on any atom is 0.472 e. The van der Waals surface area contributed by atoms with Crippen LogP contribution in [0.15, 0.2) is 194 Å². The molecule has 0 saturated heterocycles. The molecule has 634 valence electrons. The van der Waals surface area contributed by atoms with Crippen molar-refractivity contribution >= 4 is 39.5 Å². The lowest BCUT2D eigenvalue weighted by molar-refractivity contribution is -0.161. The number of aliphatic hydroxyl groups excluding tert-OH is 1. The summed E-state index contributed by atoms with van der Waals surface area (Å²) in [6, 6.07) is 0. The second-order valence-corrected chi connectivity index (χ2v) is 30.5. The van der Waals surface area contributed by atoms with E-state index in [-0.39, 0.29) is 25.7 Å². The van der Waals surface area contributed by atoms with Gasteiger partial charge < -0.3 is 33.8 Å². The number of carbonyl (C=O) groups excluding carboxylic acids is 4. The zero-order chi connectivity index (χ0) is 81.7. The lowest BCUT2D eigenvalue weighted by Crippen LogP contribution is -2.30. The van der Waals surface area contributed by atoms with Gasteiger partial charge in [-0.25, -0.2) is 9.13 Å². The molecule has 0 bridgehead atoms. The first-order chi connectivity index (χ1) is 54.7. The van der Waals surface area contributed by atoms with E-state index in [0.29, 0.717) is 25.7 Å². The summed E-state index contributed by atoms with van der Waals surface area (Å²) in [5, 5.41) is 10.7. The van der Waals surface area contributed by atoms with Crippen LogP contribution in [0.2, 0.25) is 0 Å². The molecule has 0 saturated carbocycles. The Morgan fingerprint density at radius 2 is 0.464 bits per heavy atom. The van der Waals surface area contributed by atoms with E-state index < -0.39 is 97.5 Å². The van der Waals surface area contributed by atoms with E-state index in [2.05, 4.69) is 222 Å². The van der Waals surface area contributed by atoms with E-state index in [1.807, 2.05) is 0 Å². The van der Waals surface area contributed by atoms with Crippen LogP contribution in [0.4, 0.5) is 0 Å². The minimum absolute atomic E-state index is 0.0527. The quantitative estimate of drug-likeness (QED) is 0.0169. The third-order valence-corrected chi connectivity index (χ3v) is 18.9. The van der Waals surface area contributed by atoms with Crippen molar-refractivity contribution in [1.29, 1.82) is 0 Å². The number of hydrogen-bond acceptors (Lipinski definition) is 15. The van der Waals surface area contributed by atoms with Crippen LogP contribution in [0.1, 0.15) is 310 Å². The molecule has 0 aliphatic carbocycles. The highest BCUT2D eigenvalue weighted by Crippen LogP contribution is 2.45. The lowest BCUT2D eigenvalue weighted by Gasteiger charge is -2.21. The Labute approximate surface area is 678 Å². The number of rotatable bonds is 78. The van der Waals surface area contributed by atoms with Gasteiger partial charge in [0.15, 0.2) is 12.2 Å².